The third-order valence-corrected chi connectivity index (χ3v) is 5.87. The van der Waals surface area contributed by atoms with Crippen LogP contribution in [-0.4, -0.2) is 25.2 Å². The third kappa shape index (κ3) is 5.34. The monoisotopic (exact) mass is 431 g/mol. The number of halogens is 3. The summed E-state index contributed by atoms with van der Waals surface area (Å²) in [5.41, 5.74) is 0.677. The standard InChI is InChI=1S/C16H12ClF2N3O3S2/c17-11-4-6-13(7-5-11)27(23,24)22-16-21-20-14(26-16)9-10-2-1-3-12(8-10)25-15(18)19/h1-8,15H,9H2,(H,21,22). The van der Waals surface area contributed by atoms with Gasteiger partial charge in [0.2, 0.25) is 5.13 Å². The number of hydrogen-bond acceptors (Lipinski definition) is 6. The van der Waals surface area contributed by atoms with Gasteiger partial charge in [-0.15, -0.1) is 10.2 Å². The van der Waals surface area contributed by atoms with E-state index in [9.17, 15) is 17.2 Å². The first-order valence-electron chi connectivity index (χ1n) is 7.46. The second-order valence-corrected chi connectivity index (χ2v) is 8.44. The zero-order valence-electron chi connectivity index (χ0n) is 13.5. The summed E-state index contributed by atoms with van der Waals surface area (Å²) in [6, 6.07) is 11.9. The highest BCUT2D eigenvalue weighted by molar-refractivity contribution is 7.93. The van der Waals surface area contributed by atoms with E-state index in [0.29, 0.717) is 22.0 Å². The van der Waals surface area contributed by atoms with E-state index in [-0.39, 0.29) is 15.8 Å². The lowest BCUT2D eigenvalue weighted by Crippen LogP contribution is -2.12. The molecule has 1 heterocycles. The van der Waals surface area contributed by atoms with E-state index in [4.69, 9.17) is 11.6 Å². The molecule has 3 rings (SSSR count). The molecule has 1 N–H and O–H groups in total. The maximum absolute atomic E-state index is 12.3. The molecule has 0 atom stereocenters. The van der Waals surface area contributed by atoms with E-state index in [2.05, 4.69) is 19.7 Å². The van der Waals surface area contributed by atoms with Crippen molar-refractivity contribution in [1.82, 2.24) is 10.2 Å². The number of hydrogen-bond donors (Lipinski definition) is 1. The highest BCUT2D eigenvalue weighted by Crippen LogP contribution is 2.24. The maximum Gasteiger partial charge on any atom is 0.387 e. The minimum Gasteiger partial charge on any atom is -0.435 e. The second-order valence-electron chi connectivity index (χ2n) is 5.26. The highest BCUT2D eigenvalue weighted by Gasteiger charge is 2.17. The molecule has 2 aromatic carbocycles. The van der Waals surface area contributed by atoms with Crippen molar-refractivity contribution in [2.75, 3.05) is 4.72 Å². The van der Waals surface area contributed by atoms with Crippen LogP contribution in [-0.2, 0) is 16.4 Å². The smallest absolute Gasteiger partial charge is 0.387 e. The zero-order chi connectivity index (χ0) is 19.4. The number of benzene rings is 2. The summed E-state index contributed by atoms with van der Waals surface area (Å²) < 4.78 is 55.9. The van der Waals surface area contributed by atoms with Crippen molar-refractivity contribution >= 4 is 38.1 Å². The van der Waals surface area contributed by atoms with E-state index in [1.165, 1.54) is 36.4 Å². The summed E-state index contributed by atoms with van der Waals surface area (Å²) in [5.74, 6) is 0.0377. The van der Waals surface area contributed by atoms with Gasteiger partial charge in [-0.1, -0.05) is 35.1 Å². The second kappa shape index (κ2) is 8.15. The summed E-state index contributed by atoms with van der Waals surface area (Å²) in [5, 5.41) is 8.77. The Bertz CT molecular complexity index is 1030. The van der Waals surface area contributed by atoms with E-state index in [0.717, 1.165) is 11.3 Å². The number of aromatic nitrogens is 2. The first kappa shape index (κ1) is 19.5. The summed E-state index contributed by atoms with van der Waals surface area (Å²) in [6.07, 6.45) is 0.292. The number of nitrogens with one attached hydrogen (secondary N) is 1. The molecule has 142 valence electrons. The number of alkyl halides is 2. The van der Waals surface area contributed by atoms with Crippen LogP contribution in [0.4, 0.5) is 13.9 Å². The molecule has 3 aromatic rings. The van der Waals surface area contributed by atoms with E-state index in [1.807, 2.05) is 0 Å². The van der Waals surface area contributed by atoms with Crippen LogP contribution in [0.3, 0.4) is 0 Å². The first-order chi connectivity index (χ1) is 12.8. The van der Waals surface area contributed by atoms with Crippen molar-refractivity contribution in [3.05, 3.63) is 64.1 Å². The molecule has 0 aliphatic heterocycles. The van der Waals surface area contributed by atoms with Gasteiger partial charge in [0.05, 0.1) is 4.90 Å². The Labute approximate surface area is 162 Å². The molecule has 0 radical (unpaired) electrons. The van der Waals surface area contributed by atoms with Gasteiger partial charge in [0.25, 0.3) is 10.0 Å². The molecule has 0 amide bonds. The van der Waals surface area contributed by atoms with Crippen molar-refractivity contribution in [3.8, 4) is 5.75 Å². The van der Waals surface area contributed by atoms with Gasteiger partial charge in [0.15, 0.2) is 0 Å². The predicted octanol–water partition coefficient (Wildman–Crippen LogP) is 4.18. The number of anilines is 1. The van der Waals surface area contributed by atoms with Crippen LogP contribution in [0.15, 0.2) is 53.4 Å². The fourth-order valence-electron chi connectivity index (χ4n) is 2.16. The van der Waals surface area contributed by atoms with Crippen molar-refractivity contribution in [2.24, 2.45) is 0 Å². The number of ether oxygens (including phenoxy) is 1. The van der Waals surface area contributed by atoms with Crippen LogP contribution >= 0.6 is 22.9 Å². The van der Waals surface area contributed by atoms with Crippen molar-refractivity contribution in [2.45, 2.75) is 17.9 Å². The number of rotatable bonds is 7. The van der Waals surface area contributed by atoms with Gasteiger partial charge >= 0.3 is 6.61 Å². The molecule has 6 nitrogen and oxygen atoms in total. The number of sulfonamides is 1. The third-order valence-electron chi connectivity index (χ3n) is 3.29. The lowest BCUT2D eigenvalue weighted by Gasteiger charge is -2.05. The minimum absolute atomic E-state index is 0.0377. The lowest BCUT2D eigenvalue weighted by molar-refractivity contribution is -0.0498. The predicted molar refractivity (Wildman–Crippen MR) is 98.0 cm³/mol. The molecular weight excluding hydrogens is 420 g/mol. The van der Waals surface area contributed by atoms with Gasteiger partial charge in [-0.2, -0.15) is 8.78 Å². The van der Waals surface area contributed by atoms with Crippen molar-refractivity contribution < 1.29 is 21.9 Å². The van der Waals surface area contributed by atoms with E-state index >= 15 is 0 Å². The average molecular weight is 432 g/mol. The molecule has 0 unspecified atom stereocenters. The maximum atomic E-state index is 12.3. The summed E-state index contributed by atoms with van der Waals surface area (Å²) in [6.45, 7) is -2.91. The molecule has 0 saturated carbocycles. The van der Waals surface area contributed by atoms with E-state index < -0.39 is 16.6 Å². The fourth-order valence-corrected chi connectivity index (χ4v) is 4.29. The van der Waals surface area contributed by atoms with Crippen molar-refractivity contribution in [3.63, 3.8) is 0 Å². The highest BCUT2D eigenvalue weighted by atomic mass is 35.5. The molecule has 0 aliphatic carbocycles. The summed E-state index contributed by atoms with van der Waals surface area (Å²) in [4.78, 5) is 0.0421. The Kier molecular flexibility index (Phi) is 5.88. The van der Waals surface area contributed by atoms with Gasteiger partial charge in [-0.05, 0) is 42.0 Å². The van der Waals surface area contributed by atoms with Crippen LogP contribution in [0.1, 0.15) is 10.6 Å². The first-order valence-corrected chi connectivity index (χ1v) is 10.1. The fraction of sp³-hybridized carbons (Fsp3) is 0.125. The molecule has 1 aromatic heterocycles. The Balaban J connectivity index is 1.71. The van der Waals surface area contributed by atoms with Crippen LogP contribution in [0.2, 0.25) is 5.02 Å². The zero-order valence-corrected chi connectivity index (χ0v) is 15.9. The number of nitrogens with zero attached hydrogens (tertiary/aromatic N) is 2. The molecule has 27 heavy (non-hydrogen) atoms. The van der Waals surface area contributed by atoms with Gasteiger partial charge in [-0.3, -0.25) is 4.72 Å². The molecular formula is C16H12ClF2N3O3S2. The molecule has 11 heteroatoms. The quantitative estimate of drug-likeness (QED) is 0.606. The topological polar surface area (TPSA) is 81.2 Å². The largest absolute Gasteiger partial charge is 0.435 e. The van der Waals surface area contributed by atoms with Gasteiger partial charge in [0.1, 0.15) is 10.8 Å². The molecule has 0 aliphatic rings. The van der Waals surface area contributed by atoms with Crippen LogP contribution in [0, 0.1) is 0 Å². The summed E-state index contributed by atoms with van der Waals surface area (Å²) >= 11 is 6.80. The Morgan fingerprint density at radius 3 is 2.59 bits per heavy atom. The normalized spacial score (nSPS) is 11.6. The molecule has 0 spiro atoms. The Morgan fingerprint density at radius 1 is 1.15 bits per heavy atom. The Morgan fingerprint density at radius 2 is 1.89 bits per heavy atom. The molecule has 0 fully saturated rings. The van der Waals surface area contributed by atoms with Gasteiger partial charge in [-0.25, -0.2) is 8.42 Å². The lowest BCUT2D eigenvalue weighted by atomic mass is 10.1. The van der Waals surface area contributed by atoms with E-state index in [1.54, 1.807) is 12.1 Å². The van der Waals surface area contributed by atoms with Crippen LogP contribution in [0.5, 0.6) is 5.75 Å². The summed E-state index contributed by atoms with van der Waals surface area (Å²) in [7, 11) is -3.81. The Hall–Kier alpha value is -2.30. The van der Waals surface area contributed by atoms with Crippen LogP contribution in [0.25, 0.3) is 0 Å². The minimum atomic E-state index is -3.81. The van der Waals surface area contributed by atoms with Gasteiger partial charge < -0.3 is 4.74 Å². The molecule has 0 bridgehead atoms. The van der Waals surface area contributed by atoms with Crippen molar-refractivity contribution in [1.29, 1.82) is 0 Å². The SMILES string of the molecule is O=S(=O)(Nc1nnc(Cc2cccc(OC(F)F)c2)s1)c1ccc(Cl)cc1. The molecule has 0 saturated heterocycles. The van der Waals surface area contributed by atoms with Gasteiger partial charge in [0, 0.05) is 11.4 Å². The average Bonchev–Trinajstić information content (AvgIpc) is 3.01. The van der Waals surface area contributed by atoms with Crippen LogP contribution < -0.4 is 9.46 Å².